The molecule has 3 unspecified atom stereocenters. The van der Waals surface area contributed by atoms with E-state index in [0.29, 0.717) is 11.7 Å². The molecule has 34 heavy (non-hydrogen) atoms. The number of carbonyl (C=O) groups excluding carboxylic acids is 1. The molecule has 1 saturated heterocycles. The summed E-state index contributed by atoms with van der Waals surface area (Å²) in [5.74, 6) is -0.0650. The highest BCUT2D eigenvalue weighted by Crippen LogP contribution is 2.35. The predicted molar refractivity (Wildman–Crippen MR) is 138 cm³/mol. The molecule has 1 aromatic carbocycles. The summed E-state index contributed by atoms with van der Waals surface area (Å²) in [6.45, 7) is 5.09. The third kappa shape index (κ3) is 4.81. The molecule has 0 bridgehead atoms. The summed E-state index contributed by atoms with van der Waals surface area (Å²) in [5, 5.41) is 4.12. The summed E-state index contributed by atoms with van der Waals surface area (Å²) in [5.41, 5.74) is 2.28. The lowest BCUT2D eigenvalue weighted by Crippen LogP contribution is -2.34. The van der Waals surface area contributed by atoms with Crippen LogP contribution >= 0.6 is 23.1 Å². The number of amides is 1. The van der Waals surface area contributed by atoms with E-state index in [9.17, 15) is 9.59 Å². The predicted octanol–water partition coefficient (Wildman–Crippen LogP) is 4.87. The molecule has 5 rings (SSSR count). The van der Waals surface area contributed by atoms with Crippen LogP contribution < -0.4 is 10.9 Å². The Morgan fingerprint density at radius 3 is 2.79 bits per heavy atom. The van der Waals surface area contributed by atoms with Gasteiger partial charge in [-0.3, -0.25) is 14.2 Å². The molecule has 0 spiro atoms. The van der Waals surface area contributed by atoms with Gasteiger partial charge in [-0.1, -0.05) is 42.1 Å². The quantitative estimate of drug-likeness (QED) is 0.372. The van der Waals surface area contributed by atoms with Crippen LogP contribution in [0, 0.1) is 0 Å². The molecule has 3 heterocycles. The topological polar surface area (TPSA) is 73.2 Å². The first-order valence-corrected chi connectivity index (χ1v) is 13.9. The van der Waals surface area contributed by atoms with Crippen molar-refractivity contribution in [2.75, 3.05) is 6.61 Å². The lowest BCUT2D eigenvalue weighted by molar-refractivity contribution is -0.120. The van der Waals surface area contributed by atoms with Gasteiger partial charge >= 0.3 is 0 Å². The molecule has 0 saturated carbocycles. The Kier molecular flexibility index (Phi) is 7.09. The summed E-state index contributed by atoms with van der Waals surface area (Å²) in [6.07, 6.45) is 6.25. The third-order valence-electron chi connectivity index (χ3n) is 6.76. The van der Waals surface area contributed by atoms with Crippen molar-refractivity contribution in [1.29, 1.82) is 0 Å². The number of aryl methyl sites for hydroxylation is 2. The molecule has 1 aliphatic heterocycles. The van der Waals surface area contributed by atoms with E-state index in [0.717, 1.165) is 54.5 Å². The zero-order chi connectivity index (χ0) is 23.7. The Bertz CT molecular complexity index is 1230. The second kappa shape index (κ2) is 10.2. The molecule has 1 fully saturated rings. The largest absolute Gasteiger partial charge is 0.376 e. The number of benzene rings is 1. The smallest absolute Gasteiger partial charge is 0.263 e. The van der Waals surface area contributed by atoms with Gasteiger partial charge in [0.15, 0.2) is 5.16 Å². The Hall–Kier alpha value is -2.16. The minimum atomic E-state index is -0.388. The van der Waals surface area contributed by atoms with Gasteiger partial charge in [0.25, 0.3) is 5.56 Å². The zero-order valence-electron chi connectivity index (χ0n) is 19.7. The van der Waals surface area contributed by atoms with Crippen LogP contribution in [0.3, 0.4) is 0 Å². The van der Waals surface area contributed by atoms with E-state index in [1.165, 1.54) is 28.6 Å². The number of hydrogen-bond donors (Lipinski definition) is 1. The number of thioether (sulfide) groups is 1. The molecule has 8 heteroatoms. The molecule has 1 N–H and O–H groups in total. The molecule has 1 amide bonds. The van der Waals surface area contributed by atoms with Crippen LogP contribution in [0.25, 0.3) is 10.2 Å². The molecule has 3 atom stereocenters. The van der Waals surface area contributed by atoms with Crippen LogP contribution in [0.2, 0.25) is 0 Å². The van der Waals surface area contributed by atoms with E-state index >= 15 is 0 Å². The molecule has 6 nitrogen and oxygen atoms in total. The summed E-state index contributed by atoms with van der Waals surface area (Å²) >= 11 is 3.02. The van der Waals surface area contributed by atoms with Crippen molar-refractivity contribution in [2.45, 2.75) is 81.5 Å². The average molecular weight is 498 g/mol. The Balaban J connectivity index is 1.43. The van der Waals surface area contributed by atoms with Gasteiger partial charge in [-0.2, -0.15) is 0 Å². The van der Waals surface area contributed by atoms with Crippen LogP contribution in [-0.2, 0) is 28.9 Å². The van der Waals surface area contributed by atoms with Crippen LogP contribution in [-0.4, -0.2) is 33.4 Å². The molecule has 3 aromatic rings. The average Bonchev–Trinajstić information content (AvgIpc) is 3.49. The maximum absolute atomic E-state index is 13.7. The van der Waals surface area contributed by atoms with E-state index in [4.69, 9.17) is 9.72 Å². The second-order valence-corrected chi connectivity index (χ2v) is 11.6. The highest BCUT2D eigenvalue weighted by molar-refractivity contribution is 8.00. The minimum Gasteiger partial charge on any atom is -0.376 e. The maximum Gasteiger partial charge on any atom is 0.263 e. The number of hydrogen-bond acceptors (Lipinski definition) is 6. The number of carbonyl (C=O) groups is 1. The first kappa shape index (κ1) is 23.6. The fourth-order valence-electron chi connectivity index (χ4n) is 4.83. The van der Waals surface area contributed by atoms with Crippen molar-refractivity contribution >= 4 is 39.2 Å². The van der Waals surface area contributed by atoms with Gasteiger partial charge in [0.2, 0.25) is 5.91 Å². The highest BCUT2D eigenvalue weighted by Gasteiger charge is 2.27. The number of nitrogens with one attached hydrogen (secondary N) is 1. The molecule has 0 radical (unpaired) electrons. The Labute approximate surface area is 208 Å². The Morgan fingerprint density at radius 2 is 2.03 bits per heavy atom. The standard InChI is InChI=1S/C26H31N3O3S2/c1-16(18-9-4-3-5-10-18)27-23(30)17(2)33-26-28-24-22(20-12-6-7-13-21(20)34-24)25(31)29(26)15-19-11-8-14-32-19/h3-5,9-10,16-17,19H,6-8,11-15H2,1-2H3,(H,27,30). The molecule has 1 aliphatic carbocycles. The van der Waals surface area contributed by atoms with E-state index < -0.39 is 0 Å². The molecule has 2 aliphatic rings. The fourth-order valence-corrected chi connectivity index (χ4v) is 7.06. The van der Waals surface area contributed by atoms with Crippen molar-refractivity contribution in [3.8, 4) is 0 Å². The van der Waals surface area contributed by atoms with Gasteiger partial charge in [-0.25, -0.2) is 4.98 Å². The van der Waals surface area contributed by atoms with Gasteiger partial charge < -0.3 is 10.1 Å². The number of thiophene rings is 1. The SMILES string of the molecule is CC(Sc1nc2sc3c(c2c(=O)n1CC1CCCO1)CCCC3)C(=O)NC(C)c1ccccc1. The van der Waals surface area contributed by atoms with Crippen molar-refractivity contribution in [3.63, 3.8) is 0 Å². The van der Waals surface area contributed by atoms with Crippen LogP contribution in [0.5, 0.6) is 0 Å². The fraction of sp³-hybridized carbons (Fsp3) is 0.500. The van der Waals surface area contributed by atoms with Crippen molar-refractivity contribution in [1.82, 2.24) is 14.9 Å². The van der Waals surface area contributed by atoms with Crippen molar-refractivity contribution in [2.24, 2.45) is 0 Å². The van der Waals surface area contributed by atoms with E-state index in [-0.39, 0.29) is 28.9 Å². The number of rotatable bonds is 7. The van der Waals surface area contributed by atoms with Gasteiger partial charge in [0.05, 0.1) is 29.3 Å². The van der Waals surface area contributed by atoms with Gasteiger partial charge in [-0.15, -0.1) is 11.3 Å². The number of nitrogens with zero attached hydrogens (tertiary/aromatic N) is 2. The first-order chi connectivity index (χ1) is 16.5. The molecular formula is C26H31N3O3S2. The molecule has 2 aromatic heterocycles. The minimum absolute atomic E-state index is 0.0210. The zero-order valence-corrected chi connectivity index (χ0v) is 21.3. The Morgan fingerprint density at radius 1 is 1.24 bits per heavy atom. The van der Waals surface area contributed by atoms with Gasteiger partial charge in [0, 0.05) is 11.5 Å². The summed E-state index contributed by atoms with van der Waals surface area (Å²) in [6, 6.07) is 9.84. The lowest BCUT2D eigenvalue weighted by Gasteiger charge is -2.20. The summed E-state index contributed by atoms with van der Waals surface area (Å²) in [4.78, 5) is 33.8. The maximum atomic E-state index is 13.7. The highest BCUT2D eigenvalue weighted by atomic mass is 32.2. The monoisotopic (exact) mass is 497 g/mol. The van der Waals surface area contributed by atoms with E-state index in [1.807, 2.05) is 44.2 Å². The van der Waals surface area contributed by atoms with Crippen LogP contribution in [0.1, 0.15) is 61.6 Å². The van der Waals surface area contributed by atoms with E-state index in [2.05, 4.69) is 5.32 Å². The first-order valence-electron chi connectivity index (χ1n) is 12.2. The van der Waals surface area contributed by atoms with Crippen molar-refractivity contribution < 1.29 is 9.53 Å². The van der Waals surface area contributed by atoms with Crippen LogP contribution in [0.4, 0.5) is 0 Å². The van der Waals surface area contributed by atoms with Gasteiger partial charge in [0.1, 0.15) is 4.83 Å². The van der Waals surface area contributed by atoms with Crippen LogP contribution in [0.15, 0.2) is 40.3 Å². The third-order valence-corrected chi connectivity index (χ3v) is 9.04. The summed E-state index contributed by atoms with van der Waals surface area (Å²) < 4.78 is 7.63. The number of aromatic nitrogens is 2. The van der Waals surface area contributed by atoms with Gasteiger partial charge in [-0.05, 0) is 63.5 Å². The molecule has 180 valence electrons. The normalized spacial score (nSPS) is 19.6. The lowest BCUT2D eigenvalue weighted by atomic mass is 9.97. The number of fused-ring (bicyclic) bond motifs is 3. The van der Waals surface area contributed by atoms with E-state index in [1.54, 1.807) is 15.9 Å². The van der Waals surface area contributed by atoms with Crippen molar-refractivity contribution in [3.05, 3.63) is 56.7 Å². The second-order valence-electron chi connectivity index (χ2n) is 9.24. The summed E-state index contributed by atoms with van der Waals surface area (Å²) in [7, 11) is 0. The number of ether oxygens (including phenoxy) is 1. The molecular weight excluding hydrogens is 466 g/mol.